The molecule has 2 N–H and O–H groups in total. The lowest BCUT2D eigenvalue weighted by Gasteiger charge is -2.37. The minimum absolute atomic E-state index is 0.220. The average Bonchev–Trinajstić information content (AvgIpc) is 2.54. The Morgan fingerprint density at radius 2 is 1.93 bits per heavy atom. The number of rotatable bonds is 0. The highest BCUT2D eigenvalue weighted by molar-refractivity contribution is 5.38. The fraction of sp³-hybridized carbons (Fsp3) is 0.538. The molecule has 0 amide bonds. The van der Waals surface area contributed by atoms with E-state index in [1.807, 2.05) is 0 Å². The molecule has 1 aromatic carbocycles. The highest BCUT2D eigenvalue weighted by atomic mass is 16.5. The highest BCUT2D eigenvalue weighted by Crippen LogP contribution is 2.50. The zero-order valence-electron chi connectivity index (χ0n) is 8.91. The molecule has 0 aromatic heterocycles. The molecule has 0 saturated carbocycles. The van der Waals surface area contributed by atoms with Crippen LogP contribution in [0.15, 0.2) is 24.3 Å². The third kappa shape index (κ3) is 1.32. The van der Waals surface area contributed by atoms with Crippen molar-refractivity contribution in [2.24, 2.45) is 11.1 Å². The van der Waals surface area contributed by atoms with E-state index >= 15 is 0 Å². The molecule has 1 saturated heterocycles. The predicted molar refractivity (Wildman–Crippen MR) is 59.6 cm³/mol. The van der Waals surface area contributed by atoms with Crippen molar-refractivity contribution in [2.45, 2.75) is 25.3 Å². The Morgan fingerprint density at radius 3 is 2.67 bits per heavy atom. The van der Waals surface area contributed by atoms with Crippen LogP contribution in [0.1, 0.15) is 30.0 Å². The molecule has 1 fully saturated rings. The van der Waals surface area contributed by atoms with Crippen LogP contribution >= 0.6 is 0 Å². The summed E-state index contributed by atoms with van der Waals surface area (Å²) in [5.74, 6) is 0. The van der Waals surface area contributed by atoms with Gasteiger partial charge in [-0.3, -0.25) is 0 Å². The number of fused-ring (bicyclic) bond motifs is 1. The molecule has 1 aliphatic carbocycles. The van der Waals surface area contributed by atoms with Crippen molar-refractivity contribution in [3.8, 4) is 0 Å². The van der Waals surface area contributed by atoms with Crippen LogP contribution in [0.3, 0.4) is 0 Å². The molecule has 1 atom stereocenters. The van der Waals surface area contributed by atoms with E-state index < -0.39 is 0 Å². The lowest BCUT2D eigenvalue weighted by Crippen LogP contribution is -2.37. The molecule has 2 heteroatoms. The maximum absolute atomic E-state index is 6.40. The van der Waals surface area contributed by atoms with Crippen molar-refractivity contribution in [3.63, 3.8) is 0 Å². The van der Waals surface area contributed by atoms with Gasteiger partial charge < -0.3 is 10.5 Å². The summed E-state index contributed by atoms with van der Waals surface area (Å²) in [6, 6.07) is 8.84. The fourth-order valence-electron chi connectivity index (χ4n) is 3.08. The van der Waals surface area contributed by atoms with Gasteiger partial charge in [0.15, 0.2) is 0 Å². The molecule has 80 valence electrons. The maximum atomic E-state index is 6.40. The molecule has 1 aliphatic heterocycles. The van der Waals surface area contributed by atoms with E-state index in [1.165, 1.54) is 11.1 Å². The summed E-state index contributed by atoms with van der Waals surface area (Å²) in [5, 5.41) is 0. The number of nitrogens with two attached hydrogens (primary N) is 1. The van der Waals surface area contributed by atoms with Crippen molar-refractivity contribution in [2.75, 3.05) is 13.2 Å². The van der Waals surface area contributed by atoms with Gasteiger partial charge in [0.1, 0.15) is 0 Å². The van der Waals surface area contributed by atoms with Crippen LogP contribution in [0.5, 0.6) is 0 Å². The molecule has 3 rings (SSSR count). The summed E-state index contributed by atoms with van der Waals surface area (Å²) < 4.78 is 5.45. The first kappa shape index (κ1) is 9.37. The van der Waals surface area contributed by atoms with Crippen LogP contribution in [-0.2, 0) is 11.2 Å². The normalized spacial score (nSPS) is 27.9. The summed E-state index contributed by atoms with van der Waals surface area (Å²) in [7, 11) is 0. The predicted octanol–water partition coefficient (Wildman–Crippen LogP) is 2.04. The Kier molecular flexibility index (Phi) is 2.08. The van der Waals surface area contributed by atoms with Gasteiger partial charge in [0.25, 0.3) is 0 Å². The summed E-state index contributed by atoms with van der Waals surface area (Å²) in [5.41, 5.74) is 9.51. The van der Waals surface area contributed by atoms with Crippen LogP contribution in [0.25, 0.3) is 0 Å². The highest BCUT2D eigenvalue weighted by Gasteiger charge is 2.44. The molecule has 1 heterocycles. The smallest absolute Gasteiger partial charge is 0.0472 e. The van der Waals surface area contributed by atoms with E-state index in [9.17, 15) is 0 Å². The second-order valence-electron chi connectivity index (χ2n) is 4.83. The summed E-state index contributed by atoms with van der Waals surface area (Å²) in [6.07, 6.45) is 3.37. The molecule has 0 bridgehead atoms. The van der Waals surface area contributed by atoms with E-state index in [4.69, 9.17) is 10.5 Å². The quantitative estimate of drug-likeness (QED) is 0.700. The average molecular weight is 203 g/mol. The van der Waals surface area contributed by atoms with Crippen LogP contribution in [0.4, 0.5) is 0 Å². The second-order valence-corrected chi connectivity index (χ2v) is 4.83. The molecular weight excluding hydrogens is 186 g/mol. The van der Waals surface area contributed by atoms with Gasteiger partial charge in [0, 0.05) is 19.3 Å². The Bertz CT molecular complexity index is 369. The Balaban J connectivity index is 1.98. The van der Waals surface area contributed by atoms with Crippen LogP contribution in [0.2, 0.25) is 0 Å². The van der Waals surface area contributed by atoms with Crippen molar-refractivity contribution < 1.29 is 4.74 Å². The zero-order valence-corrected chi connectivity index (χ0v) is 8.91. The number of hydrogen-bond acceptors (Lipinski definition) is 2. The molecule has 1 unspecified atom stereocenters. The van der Waals surface area contributed by atoms with Gasteiger partial charge in [-0.15, -0.1) is 0 Å². The van der Waals surface area contributed by atoms with Gasteiger partial charge in [-0.25, -0.2) is 0 Å². The fourth-order valence-corrected chi connectivity index (χ4v) is 3.08. The zero-order chi connectivity index (χ0) is 10.3. The van der Waals surface area contributed by atoms with Gasteiger partial charge in [-0.05, 0) is 35.8 Å². The van der Waals surface area contributed by atoms with E-state index in [0.29, 0.717) is 5.41 Å². The van der Waals surface area contributed by atoms with Crippen LogP contribution in [-0.4, -0.2) is 13.2 Å². The number of hydrogen-bond donors (Lipinski definition) is 1. The first-order valence-corrected chi connectivity index (χ1v) is 5.73. The van der Waals surface area contributed by atoms with E-state index in [-0.39, 0.29) is 6.04 Å². The standard InChI is InChI=1S/C13H17NO/c14-12-11-4-2-1-3-10(11)9-13(12)5-7-15-8-6-13/h1-4,12H,5-9,14H2. The molecule has 0 radical (unpaired) electrons. The summed E-state index contributed by atoms with van der Waals surface area (Å²) >= 11 is 0. The van der Waals surface area contributed by atoms with Crippen molar-refractivity contribution in [1.82, 2.24) is 0 Å². The minimum atomic E-state index is 0.220. The molecule has 1 aromatic rings. The molecule has 2 aliphatic rings. The number of benzene rings is 1. The third-order valence-corrected chi connectivity index (χ3v) is 4.08. The first-order valence-electron chi connectivity index (χ1n) is 5.73. The van der Waals surface area contributed by atoms with Gasteiger partial charge >= 0.3 is 0 Å². The lowest BCUT2D eigenvalue weighted by atomic mass is 9.75. The Labute approximate surface area is 90.4 Å². The van der Waals surface area contributed by atoms with Crippen molar-refractivity contribution in [1.29, 1.82) is 0 Å². The Hall–Kier alpha value is -0.860. The topological polar surface area (TPSA) is 35.2 Å². The minimum Gasteiger partial charge on any atom is -0.381 e. The Morgan fingerprint density at radius 1 is 1.20 bits per heavy atom. The third-order valence-electron chi connectivity index (χ3n) is 4.08. The van der Waals surface area contributed by atoms with Gasteiger partial charge in [0.2, 0.25) is 0 Å². The monoisotopic (exact) mass is 203 g/mol. The van der Waals surface area contributed by atoms with Crippen molar-refractivity contribution >= 4 is 0 Å². The largest absolute Gasteiger partial charge is 0.381 e. The van der Waals surface area contributed by atoms with Gasteiger partial charge in [-0.1, -0.05) is 24.3 Å². The molecule has 15 heavy (non-hydrogen) atoms. The summed E-state index contributed by atoms with van der Waals surface area (Å²) in [6.45, 7) is 1.75. The molecule has 1 spiro atoms. The van der Waals surface area contributed by atoms with Gasteiger partial charge in [0.05, 0.1) is 0 Å². The SMILES string of the molecule is NC1c2ccccc2CC12CCOCC2. The first-order chi connectivity index (χ1) is 7.32. The van der Waals surface area contributed by atoms with Gasteiger partial charge in [-0.2, -0.15) is 0 Å². The van der Waals surface area contributed by atoms with E-state index in [0.717, 1.165) is 32.5 Å². The van der Waals surface area contributed by atoms with E-state index in [2.05, 4.69) is 24.3 Å². The van der Waals surface area contributed by atoms with Crippen LogP contribution in [0, 0.1) is 5.41 Å². The molecular formula is C13H17NO. The summed E-state index contributed by atoms with van der Waals surface area (Å²) in [4.78, 5) is 0. The van der Waals surface area contributed by atoms with E-state index in [1.54, 1.807) is 0 Å². The lowest BCUT2D eigenvalue weighted by molar-refractivity contribution is 0.00696. The number of ether oxygens (including phenoxy) is 1. The molecule has 2 nitrogen and oxygen atoms in total. The second kappa shape index (κ2) is 3.32. The van der Waals surface area contributed by atoms with Crippen molar-refractivity contribution in [3.05, 3.63) is 35.4 Å². The maximum Gasteiger partial charge on any atom is 0.0472 e. The van der Waals surface area contributed by atoms with Crippen LogP contribution < -0.4 is 5.73 Å².